The molecule has 0 radical (unpaired) electrons. The quantitative estimate of drug-likeness (QED) is 0.484. The van der Waals surface area contributed by atoms with Gasteiger partial charge in [0, 0.05) is 13.0 Å². The molecule has 2 rings (SSSR count). The molecule has 0 aliphatic carbocycles. The fourth-order valence-corrected chi connectivity index (χ4v) is 3.27. The summed E-state index contributed by atoms with van der Waals surface area (Å²) in [6.45, 7) is 4.53. The van der Waals surface area contributed by atoms with Crippen molar-refractivity contribution in [2.75, 3.05) is 13.2 Å². The van der Waals surface area contributed by atoms with Gasteiger partial charge in [-0.05, 0) is 25.8 Å². The normalized spacial score (nSPS) is 26.9. The average molecular weight is 394 g/mol. The lowest BCUT2D eigenvalue weighted by Gasteiger charge is -2.40. The van der Waals surface area contributed by atoms with E-state index in [2.05, 4.69) is 10.6 Å². The van der Waals surface area contributed by atoms with E-state index in [0.29, 0.717) is 6.42 Å². The third-order valence-electron chi connectivity index (χ3n) is 4.68. The van der Waals surface area contributed by atoms with Crippen molar-refractivity contribution in [3.8, 4) is 0 Å². The van der Waals surface area contributed by atoms with E-state index < -0.39 is 30.5 Å². The maximum atomic E-state index is 12.5. The summed E-state index contributed by atoms with van der Waals surface area (Å²) in [5.74, 6) is -0.616. The summed E-state index contributed by atoms with van der Waals surface area (Å²) >= 11 is 0. The number of ether oxygens (including phenoxy) is 2. The van der Waals surface area contributed by atoms with Crippen LogP contribution in [0.4, 0.5) is 0 Å². The van der Waals surface area contributed by atoms with Gasteiger partial charge in [0.25, 0.3) is 0 Å². The van der Waals surface area contributed by atoms with E-state index in [1.807, 2.05) is 37.3 Å². The van der Waals surface area contributed by atoms with Crippen molar-refractivity contribution in [3.63, 3.8) is 0 Å². The first-order valence-corrected chi connectivity index (χ1v) is 9.49. The molecule has 1 aromatic carbocycles. The molecule has 1 heterocycles. The lowest BCUT2D eigenvalue weighted by atomic mass is 9.97. The highest BCUT2D eigenvalue weighted by molar-refractivity contribution is 5.80. The van der Waals surface area contributed by atoms with Crippen LogP contribution in [-0.2, 0) is 25.5 Å². The third-order valence-corrected chi connectivity index (χ3v) is 4.68. The lowest BCUT2D eigenvalue weighted by molar-refractivity contribution is -0.193. The van der Waals surface area contributed by atoms with Gasteiger partial charge in [-0.15, -0.1) is 0 Å². The van der Waals surface area contributed by atoms with E-state index >= 15 is 0 Å². The van der Waals surface area contributed by atoms with Gasteiger partial charge in [-0.2, -0.15) is 0 Å². The second kappa shape index (κ2) is 10.5. The third kappa shape index (κ3) is 6.27. The van der Waals surface area contributed by atoms with Crippen molar-refractivity contribution >= 4 is 11.8 Å². The summed E-state index contributed by atoms with van der Waals surface area (Å²) in [5.41, 5.74) is 1.11. The lowest BCUT2D eigenvalue weighted by Crippen LogP contribution is -2.62. The molecule has 2 amide bonds. The summed E-state index contributed by atoms with van der Waals surface area (Å²) in [4.78, 5) is 23.9. The first kappa shape index (κ1) is 22.3. The summed E-state index contributed by atoms with van der Waals surface area (Å²) < 4.78 is 11.2. The monoisotopic (exact) mass is 394 g/mol. The summed E-state index contributed by atoms with van der Waals surface area (Å²) in [6.07, 6.45) is -3.05. The van der Waals surface area contributed by atoms with Gasteiger partial charge in [-0.25, -0.2) is 0 Å². The number of hydrogen-bond acceptors (Lipinski definition) is 6. The van der Waals surface area contributed by atoms with Gasteiger partial charge in [0.05, 0.1) is 19.3 Å². The molecule has 1 saturated heterocycles. The summed E-state index contributed by atoms with van der Waals surface area (Å²) in [7, 11) is 0. The number of amides is 2. The highest BCUT2D eigenvalue weighted by Crippen LogP contribution is 2.20. The van der Waals surface area contributed by atoms with E-state index in [1.54, 1.807) is 6.92 Å². The molecule has 8 nitrogen and oxygen atoms in total. The van der Waals surface area contributed by atoms with Gasteiger partial charge in [-0.1, -0.05) is 30.3 Å². The number of rotatable bonds is 8. The fraction of sp³-hybridized carbons (Fsp3) is 0.600. The minimum absolute atomic E-state index is 0.0747. The Kier molecular flexibility index (Phi) is 8.37. The molecule has 156 valence electrons. The average Bonchev–Trinajstić information content (AvgIpc) is 2.65. The van der Waals surface area contributed by atoms with Crippen LogP contribution in [0.15, 0.2) is 30.3 Å². The van der Waals surface area contributed by atoms with Gasteiger partial charge in [-0.3, -0.25) is 9.59 Å². The minimum atomic E-state index is -1.17. The number of benzene rings is 1. The molecule has 2 unspecified atom stereocenters. The largest absolute Gasteiger partial charge is 0.394 e. The van der Waals surface area contributed by atoms with E-state index in [0.717, 1.165) is 5.56 Å². The van der Waals surface area contributed by atoms with Crippen LogP contribution in [0.1, 0.15) is 26.3 Å². The molecule has 8 heteroatoms. The van der Waals surface area contributed by atoms with Crippen LogP contribution in [0.3, 0.4) is 0 Å². The molecule has 4 N–H and O–H groups in total. The Balaban J connectivity index is 1.95. The standard InChI is InChI=1S/C20H30N2O6/c1-12(9-15-7-5-4-6-8-15)21-20(26)13(2)28-19-16(22-14(3)24)11-27-17(10-23)18(19)25/h4-8,12-13,16-19,23,25H,9-11H2,1-3H3,(H,21,26)(H,22,24)/t12-,13+,16-,17?,18+,19?/m0/s1. The van der Waals surface area contributed by atoms with E-state index in [9.17, 15) is 19.8 Å². The number of carbonyl (C=O) groups excluding carboxylic acids is 2. The highest BCUT2D eigenvalue weighted by atomic mass is 16.6. The molecule has 1 aromatic rings. The van der Waals surface area contributed by atoms with Crippen molar-refractivity contribution in [2.24, 2.45) is 0 Å². The molecule has 0 bridgehead atoms. The van der Waals surface area contributed by atoms with Crippen LogP contribution in [0.2, 0.25) is 0 Å². The number of carbonyl (C=O) groups is 2. The van der Waals surface area contributed by atoms with Crippen molar-refractivity contribution in [3.05, 3.63) is 35.9 Å². The maximum absolute atomic E-state index is 12.5. The number of hydrogen-bond donors (Lipinski definition) is 4. The zero-order chi connectivity index (χ0) is 20.7. The van der Waals surface area contributed by atoms with Crippen LogP contribution in [-0.4, -0.2) is 71.7 Å². The van der Waals surface area contributed by atoms with E-state index in [-0.39, 0.29) is 31.1 Å². The van der Waals surface area contributed by atoms with Gasteiger partial charge in [0.15, 0.2) is 0 Å². The summed E-state index contributed by atoms with van der Waals surface area (Å²) in [5, 5.41) is 25.3. The van der Waals surface area contributed by atoms with Gasteiger partial charge < -0.3 is 30.3 Å². The molecule has 1 aliphatic rings. The van der Waals surface area contributed by atoms with Crippen LogP contribution >= 0.6 is 0 Å². The number of aliphatic hydroxyl groups excluding tert-OH is 2. The topological polar surface area (TPSA) is 117 Å². The van der Waals surface area contributed by atoms with Crippen molar-refractivity contribution in [1.29, 1.82) is 0 Å². The number of nitrogens with one attached hydrogen (secondary N) is 2. The molecule has 1 fully saturated rings. The molecule has 6 atom stereocenters. The SMILES string of the molecule is CC(=O)N[C@H]1COC(CO)[C@@H](O)C1O[C@H](C)C(=O)N[C@@H](C)Cc1ccccc1. The Morgan fingerprint density at radius 3 is 2.57 bits per heavy atom. The molecule has 0 spiro atoms. The fourth-order valence-electron chi connectivity index (χ4n) is 3.27. The Bertz CT molecular complexity index is 641. The number of aliphatic hydroxyl groups is 2. The Hall–Kier alpha value is -2.00. The van der Waals surface area contributed by atoms with Crippen LogP contribution in [0.5, 0.6) is 0 Å². The molecular weight excluding hydrogens is 364 g/mol. The van der Waals surface area contributed by atoms with Crippen LogP contribution in [0, 0.1) is 0 Å². The highest BCUT2D eigenvalue weighted by Gasteiger charge is 2.42. The van der Waals surface area contributed by atoms with Crippen LogP contribution < -0.4 is 10.6 Å². The predicted molar refractivity (Wildman–Crippen MR) is 103 cm³/mol. The zero-order valence-electron chi connectivity index (χ0n) is 16.5. The van der Waals surface area contributed by atoms with E-state index in [1.165, 1.54) is 6.92 Å². The van der Waals surface area contributed by atoms with Gasteiger partial charge in [0.2, 0.25) is 11.8 Å². The second-order valence-corrected chi connectivity index (χ2v) is 7.19. The molecule has 28 heavy (non-hydrogen) atoms. The van der Waals surface area contributed by atoms with Gasteiger partial charge >= 0.3 is 0 Å². The van der Waals surface area contributed by atoms with Crippen LogP contribution in [0.25, 0.3) is 0 Å². The first-order valence-electron chi connectivity index (χ1n) is 9.49. The van der Waals surface area contributed by atoms with Gasteiger partial charge in [0.1, 0.15) is 24.4 Å². The maximum Gasteiger partial charge on any atom is 0.249 e. The Morgan fingerprint density at radius 2 is 1.96 bits per heavy atom. The molecule has 0 aromatic heterocycles. The predicted octanol–water partition coefficient (Wildman–Crippen LogP) is -0.236. The van der Waals surface area contributed by atoms with E-state index in [4.69, 9.17) is 9.47 Å². The summed E-state index contributed by atoms with van der Waals surface area (Å²) in [6, 6.07) is 9.10. The second-order valence-electron chi connectivity index (χ2n) is 7.19. The minimum Gasteiger partial charge on any atom is -0.394 e. The van der Waals surface area contributed by atoms with Crippen molar-refractivity contribution in [1.82, 2.24) is 10.6 Å². The Labute approximate surface area is 165 Å². The smallest absolute Gasteiger partial charge is 0.249 e. The molecule has 0 saturated carbocycles. The van der Waals surface area contributed by atoms with Crippen molar-refractivity contribution in [2.45, 2.75) is 63.7 Å². The zero-order valence-corrected chi connectivity index (χ0v) is 16.5. The first-order chi connectivity index (χ1) is 13.3. The van der Waals surface area contributed by atoms with Crippen molar-refractivity contribution < 1.29 is 29.3 Å². The molecular formula is C20H30N2O6. The molecule has 1 aliphatic heterocycles. The Morgan fingerprint density at radius 1 is 1.29 bits per heavy atom.